The van der Waals surface area contributed by atoms with E-state index in [0.29, 0.717) is 6.61 Å². The summed E-state index contributed by atoms with van der Waals surface area (Å²) in [6.07, 6.45) is 1.17. The average Bonchev–Trinajstić information content (AvgIpc) is 2.46. The molecule has 0 fully saturated rings. The summed E-state index contributed by atoms with van der Waals surface area (Å²) in [5, 5.41) is 5.82. The fourth-order valence-corrected chi connectivity index (χ4v) is 2.20. The van der Waals surface area contributed by atoms with Gasteiger partial charge in [-0.05, 0) is 45.1 Å². The quantitative estimate of drug-likeness (QED) is 0.748. The van der Waals surface area contributed by atoms with Crippen LogP contribution in [0.4, 0.5) is 0 Å². The standard InChI is InChI=1S/C17H24N2O/c1-19(2)13-6-11-18-12-14-20-17-10-5-8-15-7-3-4-9-16(15)17/h3-5,7-10,18H,6,11-14H2,1-2H3. The molecule has 0 aliphatic rings. The van der Waals surface area contributed by atoms with Crippen LogP contribution < -0.4 is 10.1 Å². The number of ether oxygens (including phenoxy) is 1. The first-order chi connectivity index (χ1) is 9.77. The van der Waals surface area contributed by atoms with Crippen LogP contribution in [0.25, 0.3) is 10.8 Å². The molecule has 0 radical (unpaired) electrons. The van der Waals surface area contributed by atoms with Gasteiger partial charge in [0.2, 0.25) is 0 Å². The molecule has 2 rings (SSSR count). The van der Waals surface area contributed by atoms with Crippen LogP contribution in [0.3, 0.4) is 0 Å². The molecule has 0 aromatic heterocycles. The molecule has 3 heteroatoms. The van der Waals surface area contributed by atoms with Gasteiger partial charge in [0.25, 0.3) is 0 Å². The van der Waals surface area contributed by atoms with Crippen molar-refractivity contribution in [1.82, 2.24) is 10.2 Å². The molecule has 1 N–H and O–H groups in total. The zero-order valence-electron chi connectivity index (χ0n) is 12.4. The molecule has 0 bridgehead atoms. The topological polar surface area (TPSA) is 24.5 Å². The van der Waals surface area contributed by atoms with Gasteiger partial charge in [0.1, 0.15) is 12.4 Å². The second-order valence-corrected chi connectivity index (χ2v) is 5.23. The van der Waals surface area contributed by atoms with E-state index < -0.39 is 0 Å². The lowest BCUT2D eigenvalue weighted by atomic mass is 10.1. The fraction of sp³-hybridized carbons (Fsp3) is 0.412. The van der Waals surface area contributed by atoms with Crippen molar-refractivity contribution in [2.75, 3.05) is 40.3 Å². The molecule has 0 saturated heterocycles. The number of nitrogens with zero attached hydrogens (tertiary/aromatic N) is 1. The third-order valence-corrected chi connectivity index (χ3v) is 3.24. The number of fused-ring (bicyclic) bond motifs is 1. The highest BCUT2D eigenvalue weighted by Gasteiger charge is 2.00. The van der Waals surface area contributed by atoms with Crippen LogP contribution in [-0.4, -0.2) is 45.2 Å². The van der Waals surface area contributed by atoms with Crippen molar-refractivity contribution in [3.8, 4) is 5.75 Å². The molecule has 0 aliphatic carbocycles. The highest BCUT2D eigenvalue weighted by Crippen LogP contribution is 2.24. The average molecular weight is 272 g/mol. The van der Waals surface area contributed by atoms with Crippen molar-refractivity contribution >= 4 is 10.8 Å². The Morgan fingerprint density at radius 2 is 1.80 bits per heavy atom. The number of hydrogen-bond donors (Lipinski definition) is 1. The summed E-state index contributed by atoms with van der Waals surface area (Å²) in [6.45, 7) is 3.75. The van der Waals surface area contributed by atoms with Crippen molar-refractivity contribution in [1.29, 1.82) is 0 Å². The molecule has 108 valence electrons. The van der Waals surface area contributed by atoms with Crippen LogP contribution in [-0.2, 0) is 0 Å². The van der Waals surface area contributed by atoms with Gasteiger partial charge in [-0.2, -0.15) is 0 Å². The molecule has 0 unspecified atom stereocenters. The second-order valence-electron chi connectivity index (χ2n) is 5.23. The maximum absolute atomic E-state index is 5.87. The van der Waals surface area contributed by atoms with Crippen molar-refractivity contribution in [2.45, 2.75) is 6.42 Å². The number of hydrogen-bond acceptors (Lipinski definition) is 3. The Morgan fingerprint density at radius 1 is 1.00 bits per heavy atom. The van der Waals surface area contributed by atoms with E-state index in [1.54, 1.807) is 0 Å². The van der Waals surface area contributed by atoms with Crippen molar-refractivity contribution < 1.29 is 4.74 Å². The normalized spacial score (nSPS) is 11.2. The van der Waals surface area contributed by atoms with Crippen molar-refractivity contribution in [3.05, 3.63) is 42.5 Å². The van der Waals surface area contributed by atoms with Crippen molar-refractivity contribution in [3.63, 3.8) is 0 Å². The zero-order valence-corrected chi connectivity index (χ0v) is 12.4. The van der Waals surface area contributed by atoms with Crippen LogP contribution in [0, 0.1) is 0 Å². The third-order valence-electron chi connectivity index (χ3n) is 3.24. The summed E-state index contributed by atoms with van der Waals surface area (Å²) in [5.74, 6) is 0.971. The minimum atomic E-state index is 0.704. The molecule has 2 aromatic rings. The van der Waals surface area contributed by atoms with E-state index in [0.717, 1.165) is 25.4 Å². The van der Waals surface area contributed by atoms with E-state index >= 15 is 0 Å². The van der Waals surface area contributed by atoms with Gasteiger partial charge >= 0.3 is 0 Å². The van der Waals surface area contributed by atoms with Crippen LogP contribution >= 0.6 is 0 Å². The molecule has 0 amide bonds. The van der Waals surface area contributed by atoms with Crippen LogP contribution in [0.2, 0.25) is 0 Å². The summed E-state index contributed by atoms with van der Waals surface area (Å²) < 4.78 is 5.87. The molecule has 2 aromatic carbocycles. The first-order valence-electron chi connectivity index (χ1n) is 7.23. The SMILES string of the molecule is CN(C)CCCNCCOc1cccc2ccccc12. The third kappa shape index (κ3) is 4.51. The Morgan fingerprint density at radius 3 is 2.65 bits per heavy atom. The minimum absolute atomic E-state index is 0.704. The van der Waals surface area contributed by atoms with Gasteiger partial charge in [-0.1, -0.05) is 36.4 Å². The maximum Gasteiger partial charge on any atom is 0.127 e. The van der Waals surface area contributed by atoms with Gasteiger partial charge in [-0.15, -0.1) is 0 Å². The Bertz CT molecular complexity index is 520. The molecule has 0 saturated carbocycles. The molecule has 0 heterocycles. The van der Waals surface area contributed by atoms with E-state index in [1.165, 1.54) is 17.2 Å². The Kier molecular flexibility index (Phi) is 5.84. The summed E-state index contributed by atoms with van der Waals surface area (Å²) in [6, 6.07) is 14.5. The highest BCUT2D eigenvalue weighted by atomic mass is 16.5. The first kappa shape index (κ1) is 14.8. The highest BCUT2D eigenvalue weighted by molar-refractivity contribution is 5.88. The molecule has 0 aliphatic heterocycles. The lowest BCUT2D eigenvalue weighted by molar-refractivity contribution is 0.314. The smallest absolute Gasteiger partial charge is 0.127 e. The lowest BCUT2D eigenvalue weighted by Gasteiger charge is -2.11. The Hall–Kier alpha value is -1.58. The van der Waals surface area contributed by atoms with E-state index in [1.807, 2.05) is 12.1 Å². The van der Waals surface area contributed by atoms with Gasteiger partial charge in [-0.25, -0.2) is 0 Å². The maximum atomic E-state index is 5.87. The van der Waals surface area contributed by atoms with E-state index in [-0.39, 0.29) is 0 Å². The largest absolute Gasteiger partial charge is 0.492 e. The van der Waals surface area contributed by atoms with Gasteiger partial charge in [0.15, 0.2) is 0 Å². The Balaban J connectivity index is 1.73. The molecular formula is C17H24N2O. The summed E-state index contributed by atoms with van der Waals surface area (Å²) in [4.78, 5) is 2.20. The molecular weight excluding hydrogens is 248 g/mol. The number of benzene rings is 2. The summed E-state index contributed by atoms with van der Waals surface area (Å²) in [7, 11) is 4.20. The molecule has 3 nitrogen and oxygen atoms in total. The van der Waals surface area contributed by atoms with E-state index in [2.05, 4.69) is 54.6 Å². The predicted octanol–water partition coefficient (Wildman–Crippen LogP) is 2.76. The van der Waals surface area contributed by atoms with E-state index in [9.17, 15) is 0 Å². The van der Waals surface area contributed by atoms with Crippen molar-refractivity contribution in [2.24, 2.45) is 0 Å². The Labute approximate surface area is 121 Å². The van der Waals surface area contributed by atoms with Gasteiger partial charge in [-0.3, -0.25) is 0 Å². The summed E-state index contributed by atoms with van der Waals surface area (Å²) in [5.41, 5.74) is 0. The van der Waals surface area contributed by atoms with Crippen LogP contribution in [0.1, 0.15) is 6.42 Å². The van der Waals surface area contributed by atoms with Gasteiger partial charge in [0, 0.05) is 11.9 Å². The molecule has 20 heavy (non-hydrogen) atoms. The van der Waals surface area contributed by atoms with E-state index in [4.69, 9.17) is 4.74 Å². The van der Waals surface area contributed by atoms with Gasteiger partial charge in [0.05, 0.1) is 0 Å². The van der Waals surface area contributed by atoms with Gasteiger partial charge < -0.3 is 15.0 Å². The predicted molar refractivity (Wildman–Crippen MR) is 85.5 cm³/mol. The zero-order chi connectivity index (χ0) is 14.2. The molecule has 0 spiro atoms. The fourth-order valence-electron chi connectivity index (χ4n) is 2.20. The monoisotopic (exact) mass is 272 g/mol. The first-order valence-corrected chi connectivity index (χ1v) is 7.23. The number of nitrogens with one attached hydrogen (secondary N) is 1. The van der Waals surface area contributed by atoms with Crippen LogP contribution in [0.15, 0.2) is 42.5 Å². The number of rotatable bonds is 8. The summed E-state index contributed by atoms with van der Waals surface area (Å²) >= 11 is 0. The van der Waals surface area contributed by atoms with Crippen LogP contribution in [0.5, 0.6) is 5.75 Å². The lowest BCUT2D eigenvalue weighted by Crippen LogP contribution is -2.25. The second kappa shape index (κ2) is 7.88. The minimum Gasteiger partial charge on any atom is -0.492 e. The molecule has 0 atom stereocenters.